The minimum atomic E-state index is -0.938. The Morgan fingerprint density at radius 1 is 0.500 bits per heavy atom. The Labute approximate surface area is 184 Å². The zero-order valence-electron chi connectivity index (χ0n) is 21.7. The highest BCUT2D eigenvalue weighted by atomic mass is 16.6. The van der Waals surface area contributed by atoms with Gasteiger partial charge in [-0.15, -0.1) is 0 Å². The van der Waals surface area contributed by atoms with E-state index in [1.54, 1.807) is 0 Å². The first-order valence-corrected chi connectivity index (χ1v) is 11.2. The van der Waals surface area contributed by atoms with Crippen molar-refractivity contribution in [3.8, 4) is 0 Å². The molecule has 1 aliphatic rings. The fourth-order valence-electron chi connectivity index (χ4n) is 3.69. The molecule has 1 N–H and O–H groups in total. The summed E-state index contributed by atoms with van der Waals surface area (Å²) in [7, 11) is 0. The molecule has 1 fully saturated rings. The second kappa shape index (κ2) is 9.72. The summed E-state index contributed by atoms with van der Waals surface area (Å²) in [5.74, 6) is 0. The molecule has 0 aromatic rings. The van der Waals surface area contributed by atoms with Crippen molar-refractivity contribution in [1.29, 1.82) is 0 Å². The molecule has 0 spiro atoms. The van der Waals surface area contributed by atoms with Crippen molar-refractivity contribution in [2.45, 2.75) is 149 Å². The molecule has 0 aliphatic heterocycles. The molecular weight excluding hydrogens is 384 g/mol. The van der Waals surface area contributed by atoms with Gasteiger partial charge >= 0.3 is 0 Å². The van der Waals surface area contributed by atoms with Gasteiger partial charge in [0.15, 0.2) is 0 Å². The Kier molecular flexibility index (Phi) is 9.00. The average molecular weight is 433 g/mol. The first kappa shape index (κ1) is 27.8. The molecule has 6 unspecified atom stereocenters. The van der Waals surface area contributed by atoms with Crippen molar-refractivity contribution >= 4 is 0 Å². The van der Waals surface area contributed by atoms with Crippen LogP contribution in [0.3, 0.4) is 0 Å². The van der Waals surface area contributed by atoms with E-state index in [2.05, 4.69) is 0 Å². The maximum atomic E-state index is 11.5. The number of aliphatic hydroxyl groups is 1. The van der Waals surface area contributed by atoms with Crippen LogP contribution < -0.4 is 0 Å². The molecular formula is C24H48O6. The number of hydrogen-bond donors (Lipinski definition) is 1. The van der Waals surface area contributed by atoms with Gasteiger partial charge in [-0.2, -0.15) is 0 Å². The first-order chi connectivity index (χ1) is 13.2. The molecule has 1 saturated carbocycles. The largest absolute Gasteiger partial charge is 0.387 e. The highest BCUT2D eigenvalue weighted by Crippen LogP contribution is 2.38. The molecule has 180 valence electrons. The van der Waals surface area contributed by atoms with Crippen LogP contribution in [0.4, 0.5) is 0 Å². The maximum absolute atomic E-state index is 11.5. The molecule has 0 amide bonds. The normalized spacial score (nSPS) is 31.8. The van der Waals surface area contributed by atoms with E-state index in [9.17, 15) is 5.11 Å². The lowest BCUT2D eigenvalue weighted by Crippen LogP contribution is -2.70. The molecule has 6 atom stereocenters. The third-order valence-corrected chi connectivity index (χ3v) is 4.29. The third kappa shape index (κ3) is 9.09. The first-order valence-electron chi connectivity index (χ1n) is 11.2. The van der Waals surface area contributed by atoms with E-state index < -0.39 is 59.0 Å². The average Bonchev–Trinajstić information content (AvgIpc) is 2.46. The Morgan fingerprint density at radius 3 is 1.07 bits per heavy atom. The van der Waals surface area contributed by atoms with Crippen molar-refractivity contribution in [1.82, 2.24) is 0 Å². The SMILES string of the molecule is CCOC1C(OC(C)(C)C)C(O)C(OC(C)(C)C)C(OC(C)(C)C)C1OC(C)(C)C. The van der Waals surface area contributed by atoms with E-state index in [0.29, 0.717) is 6.61 Å². The van der Waals surface area contributed by atoms with Gasteiger partial charge in [0.2, 0.25) is 0 Å². The summed E-state index contributed by atoms with van der Waals surface area (Å²) in [4.78, 5) is 0. The number of hydrogen-bond acceptors (Lipinski definition) is 6. The summed E-state index contributed by atoms with van der Waals surface area (Å²) in [6.45, 7) is 26.3. The summed E-state index contributed by atoms with van der Waals surface area (Å²) in [5.41, 5.74) is -1.86. The van der Waals surface area contributed by atoms with Crippen LogP contribution in [0.1, 0.15) is 90.0 Å². The topological polar surface area (TPSA) is 66.4 Å². The molecule has 0 radical (unpaired) electrons. The van der Waals surface area contributed by atoms with Crippen molar-refractivity contribution in [3.05, 3.63) is 0 Å². The zero-order chi connectivity index (χ0) is 23.7. The smallest absolute Gasteiger partial charge is 0.116 e. The molecule has 6 nitrogen and oxygen atoms in total. The lowest BCUT2D eigenvalue weighted by Gasteiger charge is -2.53. The number of aliphatic hydroxyl groups excluding tert-OH is 1. The van der Waals surface area contributed by atoms with Crippen LogP contribution in [0.15, 0.2) is 0 Å². The van der Waals surface area contributed by atoms with E-state index in [1.807, 2.05) is 90.0 Å². The van der Waals surface area contributed by atoms with Crippen LogP contribution in [0.25, 0.3) is 0 Å². The third-order valence-electron chi connectivity index (χ3n) is 4.29. The predicted molar refractivity (Wildman–Crippen MR) is 120 cm³/mol. The lowest BCUT2D eigenvalue weighted by atomic mass is 9.82. The molecule has 6 heteroatoms. The minimum Gasteiger partial charge on any atom is -0.387 e. The van der Waals surface area contributed by atoms with Gasteiger partial charge in [-0.3, -0.25) is 0 Å². The molecule has 0 bridgehead atoms. The summed E-state index contributed by atoms with van der Waals surface area (Å²) in [6.07, 6.45) is -3.71. The molecule has 1 rings (SSSR count). The van der Waals surface area contributed by atoms with Crippen LogP contribution in [0, 0.1) is 0 Å². The number of rotatable bonds is 6. The van der Waals surface area contributed by atoms with E-state index in [4.69, 9.17) is 23.7 Å². The molecule has 0 aromatic heterocycles. The van der Waals surface area contributed by atoms with Crippen molar-refractivity contribution in [2.24, 2.45) is 0 Å². The summed E-state index contributed by atoms with van der Waals surface area (Å²) in [5, 5.41) is 11.5. The standard InChI is InChI=1S/C24H48O6/c1-14-26-18-16(27-21(2,3)4)15(25)17(28-22(5,6)7)19(29-23(8,9)10)20(18)30-24(11,12)13/h15-20,25H,14H2,1-13H3. The molecule has 30 heavy (non-hydrogen) atoms. The minimum absolute atomic E-state index is 0.444. The van der Waals surface area contributed by atoms with Crippen molar-refractivity contribution in [3.63, 3.8) is 0 Å². The molecule has 1 aliphatic carbocycles. The van der Waals surface area contributed by atoms with Gasteiger partial charge in [-0.05, 0) is 90.0 Å². The van der Waals surface area contributed by atoms with Crippen molar-refractivity contribution < 1.29 is 28.8 Å². The second-order valence-electron chi connectivity index (χ2n) is 12.2. The van der Waals surface area contributed by atoms with Gasteiger partial charge in [0.25, 0.3) is 0 Å². The Balaban J connectivity index is 3.55. The van der Waals surface area contributed by atoms with Gasteiger partial charge in [-0.25, -0.2) is 0 Å². The highest BCUT2D eigenvalue weighted by molar-refractivity contribution is 5.05. The van der Waals surface area contributed by atoms with Crippen LogP contribution in [-0.2, 0) is 23.7 Å². The number of ether oxygens (including phenoxy) is 5. The van der Waals surface area contributed by atoms with Gasteiger partial charge in [-0.1, -0.05) is 0 Å². The van der Waals surface area contributed by atoms with E-state index in [0.717, 1.165) is 0 Å². The molecule has 0 heterocycles. The fourth-order valence-corrected chi connectivity index (χ4v) is 3.69. The van der Waals surface area contributed by atoms with Gasteiger partial charge in [0.05, 0.1) is 22.4 Å². The predicted octanol–water partition coefficient (Wildman–Crippen LogP) is 4.50. The highest BCUT2D eigenvalue weighted by Gasteiger charge is 2.56. The second-order valence-corrected chi connectivity index (χ2v) is 12.2. The van der Waals surface area contributed by atoms with Gasteiger partial charge in [0, 0.05) is 6.61 Å². The molecule has 0 saturated heterocycles. The van der Waals surface area contributed by atoms with Gasteiger partial charge < -0.3 is 28.8 Å². The lowest BCUT2D eigenvalue weighted by molar-refractivity contribution is -0.318. The summed E-state index contributed by atoms with van der Waals surface area (Å²) >= 11 is 0. The zero-order valence-corrected chi connectivity index (χ0v) is 21.7. The maximum Gasteiger partial charge on any atom is 0.116 e. The Hall–Kier alpha value is -0.240. The fraction of sp³-hybridized carbons (Fsp3) is 1.00. The van der Waals surface area contributed by atoms with E-state index in [-0.39, 0.29) is 0 Å². The summed E-state index contributed by atoms with van der Waals surface area (Å²) < 4.78 is 31.9. The summed E-state index contributed by atoms with van der Waals surface area (Å²) in [6, 6.07) is 0. The Morgan fingerprint density at radius 2 is 0.767 bits per heavy atom. The monoisotopic (exact) mass is 432 g/mol. The van der Waals surface area contributed by atoms with E-state index >= 15 is 0 Å². The quantitative estimate of drug-likeness (QED) is 0.667. The van der Waals surface area contributed by atoms with Crippen LogP contribution in [0.5, 0.6) is 0 Å². The van der Waals surface area contributed by atoms with Crippen molar-refractivity contribution in [2.75, 3.05) is 6.61 Å². The van der Waals surface area contributed by atoms with Crippen LogP contribution >= 0.6 is 0 Å². The molecule has 0 aromatic carbocycles. The Bertz CT molecular complexity index is 520. The van der Waals surface area contributed by atoms with Crippen LogP contribution in [-0.4, -0.2) is 70.7 Å². The van der Waals surface area contributed by atoms with E-state index in [1.165, 1.54) is 0 Å². The van der Waals surface area contributed by atoms with Gasteiger partial charge in [0.1, 0.15) is 36.6 Å². The van der Waals surface area contributed by atoms with Crippen LogP contribution in [0.2, 0.25) is 0 Å².